The second kappa shape index (κ2) is 7.23. The van der Waals surface area contributed by atoms with Crippen molar-refractivity contribution >= 4 is 11.7 Å². The molecule has 2 aromatic heterocycles. The number of aliphatic hydroxyl groups is 1. The number of aliphatic hydroxyl groups excluding tert-OH is 1. The summed E-state index contributed by atoms with van der Waals surface area (Å²) in [7, 11) is 1.41. The lowest BCUT2D eigenvalue weighted by Gasteiger charge is -2.26. The summed E-state index contributed by atoms with van der Waals surface area (Å²) in [6, 6.07) is 9.90. The molecule has 4 rings (SSSR count). The first-order chi connectivity index (χ1) is 14.0. The number of carbonyl (C=O) groups excluding carboxylic acids is 2. The smallest absolute Gasteiger partial charge is 0.290 e. The molecule has 3 heterocycles. The first-order valence-electron chi connectivity index (χ1n) is 8.73. The first-order valence-corrected chi connectivity index (χ1v) is 8.73. The van der Waals surface area contributed by atoms with Gasteiger partial charge in [0.25, 0.3) is 5.91 Å². The van der Waals surface area contributed by atoms with Gasteiger partial charge in [0.05, 0.1) is 37.8 Å². The number of Topliss-reactive ketones (excluding diaryl/α,β-unsaturated/α-hetero) is 1. The van der Waals surface area contributed by atoms with E-state index in [-0.39, 0.29) is 29.4 Å². The molecule has 8 heteroatoms. The SMILES string of the molecule is COc1ccc(C2C(C(=O)c3ccco3)=C(O)C(=O)N2Cc2ccco2)cc1O. The largest absolute Gasteiger partial charge is 0.504 e. The minimum atomic E-state index is -0.956. The summed E-state index contributed by atoms with van der Waals surface area (Å²) in [4.78, 5) is 27.1. The highest BCUT2D eigenvalue weighted by molar-refractivity contribution is 6.15. The molecule has 1 aromatic carbocycles. The molecule has 1 amide bonds. The van der Waals surface area contributed by atoms with E-state index in [4.69, 9.17) is 13.6 Å². The standard InChI is InChI=1S/C21H17NO7/c1-27-15-7-6-12(10-14(15)23)18-17(19(24)16-5-3-9-29-16)20(25)21(26)22(18)11-13-4-2-8-28-13/h2-10,18,23,25H,11H2,1H3. The fourth-order valence-electron chi connectivity index (χ4n) is 3.38. The normalized spacial score (nSPS) is 16.5. The van der Waals surface area contributed by atoms with Crippen molar-refractivity contribution < 1.29 is 33.4 Å². The van der Waals surface area contributed by atoms with Crippen LogP contribution in [0.5, 0.6) is 11.5 Å². The number of nitrogens with zero attached hydrogens (tertiary/aromatic N) is 1. The Kier molecular flexibility index (Phi) is 4.59. The van der Waals surface area contributed by atoms with Crippen molar-refractivity contribution in [3.05, 3.63) is 83.4 Å². The zero-order valence-corrected chi connectivity index (χ0v) is 15.4. The molecule has 3 aromatic rings. The van der Waals surface area contributed by atoms with Gasteiger partial charge < -0.3 is 28.7 Å². The van der Waals surface area contributed by atoms with E-state index in [9.17, 15) is 19.8 Å². The number of rotatable bonds is 6. The van der Waals surface area contributed by atoms with Crippen LogP contribution in [-0.4, -0.2) is 33.9 Å². The van der Waals surface area contributed by atoms with Gasteiger partial charge in [-0.25, -0.2) is 0 Å². The summed E-state index contributed by atoms with van der Waals surface area (Å²) >= 11 is 0. The van der Waals surface area contributed by atoms with Crippen LogP contribution in [0.3, 0.4) is 0 Å². The molecule has 0 saturated heterocycles. The molecule has 148 valence electrons. The summed E-state index contributed by atoms with van der Waals surface area (Å²) < 4.78 is 15.6. The van der Waals surface area contributed by atoms with E-state index < -0.39 is 23.5 Å². The summed E-state index contributed by atoms with van der Waals surface area (Å²) in [5.74, 6) is -1.48. The molecule has 0 aliphatic carbocycles. The minimum absolute atomic E-state index is 0.0121. The van der Waals surface area contributed by atoms with E-state index in [0.29, 0.717) is 11.3 Å². The van der Waals surface area contributed by atoms with Crippen molar-refractivity contribution in [1.82, 2.24) is 4.90 Å². The number of furan rings is 2. The second-order valence-corrected chi connectivity index (χ2v) is 6.41. The molecule has 2 N–H and O–H groups in total. The average Bonchev–Trinajstić information content (AvgIpc) is 3.46. The molecule has 1 unspecified atom stereocenters. The van der Waals surface area contributed by atoms with Gasteiger partial charge in [-0.3, -0.25) is 9.59 Å². The maximum absolute atomic E-state index is 13.0. The molecule has 0 bridgehead atoms. The van der Waals surface area contributed by atoms with E-state index in [1.165, 1.54) is 48.8 Å². The molecular formula is C21H17NO7. The van der Waals surface area contributed by atoms with Gasteiger partial charge in [0.1, 0.15) is 5.76 Å². The van der Waals surface area contributed by atoms with Crippen LogP contribution in [0.25, 0.3) is 0 Å². The molecule has 1 atom stereocenters. The summed E-state index contributed by atoms with van der Waals surface area (Å²) in [6.07, 6.45) is 2.79. The Bertz CT molecular complexity index is 1080. The van der Waals surface area contributed by atoms with Crippen LogP contribution < -0.4 is 4.74 Å². The Balaban J connectivity index is 1.82. The molecule has 0 saturated carbocycles. The molecule has 1 aliphatic rings. The number of amides is 1. The van der Waals surface area contributed by atoms with Crippen LogP contribution in [-0.2, 0) is 11.3 Å². The Hall–Kier alpha value is -3.94. The number of carbonyl (C=O) groups is 2. The van der Waals surface area contributed by atoms with Crippen LogP contribution >= 0.6 is 0 Å². The maximum Gasteiger partial charge on any atom is 0.290 e. The van der Waals surface area contributed by atoms with Crippen molar-refractivity contribution in [2.24, 2.45) is 0 Å². The van der Waals surface area contributed by atoms with Crippen LogP contribution in [0.15, 0.2) is 75.2 Å². The number of hydrogen-bond acceptors (Lipinski definition) is 7. The van der Waals surface area contributed by atoms with Gasteiger partial charge >= 0.3 is 0 Å². The number of benzene rings is 1. The van der Waals surface area contributed by atoms with Gasteiger partial charge in [-0.1, -0.05) is 6.07 Å². The van der Waals surface area contributed by atoms with E-state index in [1.54, 1.807) is 18.2 Å². The predicted molar refractivity (Wildman–Crippen MR) is 99.4 cm³/mol. The summed E-state index contributed by atoms with van der Waals surface area (Å²) in [5.41, 5.74) is 0.281. The van der Waals surface area contributed by atoms with Gasteiger partial charge in [-0.2, -0.15) is 0 Å². The van der Waals surface area contributed by atoms with Crippen molar-refractivity contribution in [3.8, 4) is 11.5 Å². The number of hydrogen-bond donors (Lipinski definition) is 2. The van der Waals surface area contributed by atoms with Gasteiger partial charge in [-0.15, -0.1) is 0 Å². The predicted octanol–water partition coefficient (Wildman–Crippen LogP) is 3.37. The average molecular weight is 395 g/mol. The van der Waals surface area contributed by atoms with Gasteiger partial charge in [0.15, 0.2) is 23.0 Å². The van der Waals surface area contributed by atoms with Crippen LogP contribution in [0.1, 0.15) is 27.9 Å². The lowest BCUT2D eigenvalue weighted by atomic mass is 9.94. The fraction of sp³-hybridized carbons (Fsp3) is 0.143. The number of ether oxygens (including phenoxy) is 1. The summed E-state index contributed by atoms with van der Waals surface area (Å²) in [5, 5.41) is 20.7. The third-order valence-corrected chi connectivity index (χ3v) is 4.72. The number of methoxy groups -OCH3 is 1. The lowest BCUT2D eigenvalue weighted by molar-refractivity contribution is -0.130. The maximum atomic E-state index is 13.0. The minimum Gasteiger partial charge on any atom is -0.504 e. The quantitative estimate of drug-likeness (QED) is 0.615. The van der Waals surface area contributed by atoms with Crippen molar-refractivity contribution in [1.29, 1.82) is 0 Å². The highest BCUT2D eigenvalue weighted by Gasteiger charge is 2.44. The van der Waals surface area contributed by atoms with Crippen LogP contribution in [0, 0.1) is 0 Å². The van der Waals surface area contributed by atoms with Gasteiger partial charge in [0, 0.05) is 0 Å². The number of aromatic hydroxyl groups is 1. The van der Waals surface area contributed by atoms with E-state index >= 15 is 0 Å². The molecule has 0 spiro atoms. The lowest BCUT2D eigenvalue weighted by Crippen LogP contribution is -2.30. The Morgan fingerprint density at radius 2 is 1.90 bits per heavy atom. The summed E-state index contributed by atoms with van der Waals surface area (Å²) in [6.45, 7) is 0.0162. The van der Waals surface area contributed by atoms with Crippen LogP contribution in [0.4, 0.5) is 0 Å². The second-order valence-electron chi connectivity index (χ2n) is 6.41. The fourth-order valence-corrected chi connectivity index (χ4v) is 3.38. The Morgan fingerprint density at radius 3 is 2.52 bits per heavy atom. The first kappa shape index (κ1) is 18.4. The van der Waals surface area contributed by atoms with E-state index in [1.807, 2.05) is 0 Å². The molecule has 0 fully saturated rings. The Morgan fingerprint density at radius 1 is 1.14 bits per heavy atom. The van der Waals surface area contributed by atoms with Crippen molar-refractivity contribution in [3.63, 3.8) is 0 Å². The number of phenolic OH excluding ortho intramolecular Hbond substituents is 1. The third-order valence-electron chi connectivity index (χ3n) is 4.72. The van der Waals surface area contributed by atoms with Crippen LogP contribution in [0.2, 0.25) is 0 Å². The highest BCUT2D eigenvalue weighted by atomic mass is 16.5. The van der Waals surface area contributed by atoms with Crippen molar-refractivity contribution in [2.75, 3.05) is 7.11 Å². The number of ketones is 1. The highest BCUT2D eigenvalue weighted by Crippen LogP contribution is 2.42. The molecule has 1 aliphatic heterocycles. The van der Waals surface area contributed by atoms with Gasteiger partial charge in [0.2, 0.25) is 5.78 Å². The topological polar surface area (TPSA) is 113 Å². The van der Waals surface area contributed by atoms with Crippen molar-refractivity contribution in [2.45, 2.75) is 12.6 Å². The Labute approximate surface area is 165 Å². The number of phenols is 1. The molecule has 8 nitrogen and oxygen atoms in total. The third kappa shape index (κ3) is 3.14. The molecule has 0 radical (unpaired) electrons. The monoisotopic (exact) mass is 395 g/mol. The van der Waals surface area contributed by atoms with Gasteiger partial charge in [-0.05, 0) is 42.0 Å². The zero-order chi connectivity index (χ0) is 20.5. The molecule has 29 heavy (non-hydrogen) atoms. The molecular weight excluding hydrogens is 378 g/mol. The van der Waals surface area contributed by atoms with E-state index in [2.05, 4.69) is 0 Å². The zero-order valence-electron chi connectivity index (χ0n) is 15.4. The van der Waals surface area contributed by atoms with E-state index in [0.717, 1.165) is 0 Å².